The van der Waals surface area contributed by atoms with E-state index in [4.69, 9.17) is 0 Å². The van der Waals surface area contributed by atoms with Crippen LogP contribution in [-0.2, 0) is 11.2 Å². The van der Waals surface area contributed by atoms with Crippen LogP contribution in [0.5, 0.6) is 0 Å². The van der Waals surface area contributed by atoms with E-state index in [2.05, 4.69) is 73.7 Å². The number of thioether (sulfide) groups is 1. The Balaban J connectivity index is 0.000000211. The zero-order valence-corrected chi connectivity index (χ0v) is 18.9. The zero-order valence-electron chi connectivity index (χ0n) is 10.9. The van der Waals surface area contributed by atoms with Crippen molar-refractivity contribution < 1.29 is 4.55 Å². The van der Waals surface area contributed by atoms with Crippen molar-refractivity contribution in [2.45, 2.75) is 9.79 Å². The van der Waals surface area contributed by atoms with E-state index in [-0.39, 0.29) is 0 Å². The molecule has 0 fully saturated rings. The van der Waals surface area contributed by atoms with Crippen LogP contribution in [0.25, 0.3) is 0 Å². The van der Waals surface area contributed by atoms with Gasteiger partial charge < -0.3 is 4.55 Å². The summed E-state index contributed by atoms with van der Waals surface area (Å²) in [6.07, 6.45) is 3.67. The van der Waals surface area contributed by atoms with Gasteiger partial charge in [-0.1, -0.05) is 0 Å². The third-order valence-electron chi connectivity index (χ3n) is 2.04. The Hall–Kier alpha value is 0.880. The van der Waals surface area contributed by atoms with Crippen molar-refractivity contribution in [3.05, 3.63) is 42.7 Å². The highest BCUT2D eigenvalue weighted by atomic mass is 79.9. The fourth-order valence-electron chi connectivity index (χ4n) is 1.17. The summed E-state index contributed by atoms with van der Waals surface area (Å²) in [7, 11) is 0. The molecule has 2 rings (SSSR count). The van der Waals surface area contributed by atoms with E-state index in [1.165, 1.54) is 4.90 Å². The van der Waals surface area contributed by atoms with Crippen LogP contribution in [0.3, 0.4) is 0 Å². The molecule has 2 heterocycles. The minimum absolute atomic E-state index is 0.692. The van der Waals surface area contributed by atoms with Crippen molar-refractivity contribution in [3.63, 3.8) is 0 Å². The molecule has 0 aliphatic carbocycles. The van der Waals surface area contributed by atoms with Gasteiger partial charge in [0.25, 0.3) is 0 Å². The maximum Gasteiger partial charge on any atom is 0.157 e. The molecule has 2 aromatic heterocycles. The summed E-state index contributed by atoms with van der Waals surface area (Å²) in [4.78, 5) is 10.1. The van der Waals surface area contributed by atoms with Crippen molar-refractivity contribution in [3.8, 4) is 0 Å². The van der Waals surface area contributed by atoms with Gasteiger partial charge in [-0.2, -0.15) is 0 Å². The monoisotopic (exact) mass is 578 g/mol. The Kier molecular flexibility index (Phi) is 9.39. The molecule has 1 atom stereocenters. The maximum absolute atomic E-state index is 11.0. The molecule has 0 radical (unpaired) electrons. The zero-order chi connectivity index (χ0) is 16.0. The number of aromatic nitrogens is 2. The van der Waals surface area contributed by atoms with E-state index in [9.17, 15) is 4.55 Å². The third kappa shape index (κ3) is 7.81. The molecule has 0 N–H and O–H groups in total. The van der Waals surface area contributed by atoms with Gasteiger partial charge in [0.2, 0.25) is 0 Å². The predicted molar refractivity (Wildman–Crippen MR) is 103 cm³/mol. The lowest BCUT2D eigenvalue weighted by Gasteiger charge is -2.03. The lowest BCUT2D eigenvalue weighted by Crippen LogP contribution is -1.97. The third-order valence-corrected chi connectivity index (χ3v) is 5.27. The molecule has 21 heavy (non-hydrogen) atoms. The average molecular weight is 582 g/mol. The van der Waals surface area contributed by atoms with E-state index < -0.39 is 11.2 Å². The van der Waals surface area contributed by atoms with E-state index >= 15 is 0 Å². The number of pyridine rings is 2. The lowest BCUT2D eigenvalue weighted by atomic mass is 10.5. The van der Waals surface area contributed by atoms with E-state index in [0.717, 1.165) is 14.1 Å². The SMILES string of the molecule is CSc1cc(Br)nc(Br)c1.C[S+]([O-])c1cc(Br)nc(Br)c1. The van der Waals surface area contributed by atoms with Crippen molar-refractivity contribution in [1.82, 2.24) is 9.97 Å². The summed E-state index contributed by atoms with van der Waals surface area (Å²) < 4.78 is 14.1. The highest BCUT2D eigenvalue weighted by Gasteiger charge is 2.06. The molecule has 0 aromatic carbocycles. The highest BCUT2D eigenvalue weighted by Crippen LogP contribution is 2.22. The van der Waals surface area contributed by atoms with Crippen molar-refractivity contribution in [2.75, 3.05) is 12.5 Å². The quantitative estimate of drug-likeness (QED) is 0.260. The Morgan fingerprint density at radius 3 is 1.62 bits per heavy atom. The summed E-state index contributed by atoms with van der Waals surface area (Å²) in [6, 6.07) is 7.44. The summed E-state index contributed by atoms with van der Waals surface area (Å²) in [5.74, 6) is 0. The molecule has 114 valence electrons. The van der Waals surface area contributed by atoms with Crippen LogP contribution in [-0.4, -0.2) is 27.0 Å². The van der Waals surface area contributed by atoms with Gasteiger partial charge in [0.15, 0.2) is 4.90 Å². The lowest BCUT2D eigenvalue weighted by molar-refractivity contribution is 0.600. The smallest absolute Gasteiger partial charge is 0.157 e. The van der Waals surface area contributed by atoms with Crippen molar-refractivity contribution >= 4 is 86.7 Å². The topological polar surface area (TPSA) is 48.8 Å². The molecule has 0 aliphatic rings. The van der Waals surface area contributed by atoms with Crippen molar-refractivity contribution in [2.24, 2.45) is 0 Å². The van der Waals surface area contributed by atoms with Gasteiger partial charge in [0, 0.05) is 17.0 Å². The number of hydrogen-bond acceptors (Lipinski definition) is 4. The molecule has 2 aromatic rings. The first-order chi connectivity index (χ1) is 9.81. The van der Waals surface area contributed by atoms with Crippen LogP contribution in [0.1, 0.15) is 0 Å². The van der Waals surface area contributed by atoms with Gasteiger partial charge >= 0.3 is 0 Å². The molecule has 1 unspecified atom stereocenters. The highest BCUT2D eigenvalue weighted by molar-refractivity contribution is 9.11. The second kappa shape index (κ2) is 9.89. The van der Waals surface area contributed by atoms with Crippen LogP contribution in [0.2, 0.25) is 0 Å². The second-order valence-corrected chi connectivity index (χ2v) is 9.06. The van der Waals surface area contributed by atoms with Gasteiger partial charge in [-0.3, -0.25) is 0 Å². The molecule has 9 heteroatoms. The first kappa shape index (κ1) is 19.9. The first-order valence-electron chi connectivity index (χ1n) is 5.35. The van der Waals surface area contributed by atoms with Gasteiger partial charge in [-0.15, -0.1) is 11.8 Å². The van der Waals surface area contributed by atoms with Gasteiger partial charge in [0.1, 0.15) is 24.7 Å². The fraction of sp³-hybridized carbons (Fsp3) is 0.167. The van der Waals surface area contributed by atoms with E-state index in [1.54, 1.807) is 30.2 Å². The molecular weight excluding hydrogens is 572 g/mol. The van der Waals surface area contributed by atoms with Crippen LogP contribution < -0.4 is 0 Å². The molecule has 0 spiro atoms. The molecule has 3 nitrogen and oxygen atoms in total. The van der Waals surface area contributed by atoms with E-state index in [0.29, 0.717) is 9.21 Å². The number of halogens is 4. The van der Waals surface area contributed by atoms with Crippen LogP contribution in [0, 0.1) is 0 Å². The summed E-state index contributed by atoms with van der Waals surface area (Å²) >= 11 is 13.8. The minimum Gasteiger partial charge on any atom is -0.612 e. The van der Waals surface area contributed by atoms with Crippen LogP contribution in [0.15, 0.2) is 52.5 Å². The fourth-order valence-corrected chi connectivity index (χ4v) is 5.02. The predicted octanol–water partition coefficient (Wildman–Crippen LogP) is 5.67. The molecule has 0 amide bonds. The summed E-state index contributed by atoms with van der Waals surface area (Å²) in [5.41, 5.74) is 0. The molecule has 0 aliphatic heterocycles. The van der Waals surface area contributed by atoms with Gasteiger partial charge in [0.05, 0.1) is 0 Å². The maximum atomic E-state index is 11.0. The Labute approximate surface area is 164 Å². The Bertz CT molecular complexity index is 573. The molecule has 0 saturated heterocycles. The molecule has 0 saturated carbocycles. The number of rotatable bonds is 2. The van der Waals surface area contributed by atoms with Gasteiger partial charge in [-0.05, 0) is 93.3 Å². The van der Waals surface area contributed by atoms with E-state index in [1.807, 2.05) is 18.4 Å². The summed E-state index contributed by atoms with van der Waals surface area (Å²) in [6.45, 7) is 0. The average Bonchev–Trinajstić information content (AvgIpc) is 2.37. The van der Waals surface area contributed by atoms with Crippen molar-refractivity contribution in [1.29, 1.82) is 0 Å². The second-order valence-electron chi connectivity index (χ2n) is 3.55. The Morgan fingerprint density at radius 1 is 0.905 bits per heavy atom. The molecule has 0 bridgehead atoms. The van der Waals surface area contributed by atoms with Gasteiger partial charge in [-0.25, -0.2) is 9.97 Å². The van der Waals surface area contributed by atoms with Crippen LogP contribution >= 0.6 is 75.5 Å². The number of nitrogens with zero attached hydrogens (tertiary/aromatic N) is 2. The number of hydrogen-bond donors (Lipinski definition) is 0. The minimum atomic E-state index is -0.950. The molecular formula is C12H10Br4N2OS2. The normalized spacial score (nSPS) is 11.6. The van der Waals surface area contributed by atoms with Crippen LogP contribution in [0.4, 0.5) is 0 Å². The standard InChI is InChI=1S/C6H5Br2NOS.C6H5Br2NS/c1-11(10)4-2-5(7)9-6(8)3-4;1-10-4-2-5(7)9-6(8)3-4/h2-3H,1H3;2-3H,1H3. The summed E-state index contributed by atoms with van der Waals surface area (Å²) in [5, 5.41) is 0. The largest absolute Gasteiger partial charge is 0.612 e. The first-order valence-corrected chi connectivity index (χ1v) is 11.3. The Morgan fingerprint density at radius 2 is 1.29 bits per heavy atom.